The summed E-state index contributed by atoms with van der Waals surface area (Å²) in [5, 5.41) is 28.4. The highest BCUT2D eigenvalue weighted by Gasteiger charge is 2.72. The van der Waals surface area contributed by atoms with Crippen LogP contribution >= 0.6 is 23.2 Å². The molecule has 0 bridgehead atoms. The summed E-state index contributed by atoms with van der Waals surface area (Å²) in [7, 11) is 0. The summed E-state index contributed by atoms with van der Waals surface area (Å²) in [6.07, 6.45) is 3.42. The molecule has 1 saturated heterocycles. The first-order valence-corrected chi connectivity index (χ1v) is 13.9. The third-order valence-electron chi connectivity index (χ3n) is 8.62. The van der Waals surface area contributed by atoms with Crippen LogP contribution in [-0.2, 0) is 15.0 Å². The van der Waals surface area contributed by atoms with Crippen LogP contribution in [0.15, 0.2) is 54.7 Å². The zero-order valence-electron chi connectivity index (χ0n) is 21.3. The van der Waals surface area contributed by atoms with E-state index < -0.39 is 40.9 Å². The monoisotopic (exact) mass is 584 g/mol. The van der Waals surface area contributed by atoms with Gasteiger partial charge in [-0.1, -0.05) is 60.7 Å². The number of hydrogen-bond donors (Lipinski definition) is 5. The van der Waals surface area contributed by atoms with E-state index in [9.17, 15) is 19.8 Å². The Morgan fingerprint density at radius 2 is 1.88 bits per heavy atom. The highest BCUT2D eigenvalue weighted by atomic mass is 35.5. The molecule has 3 heterocycles. The van der Waals surface area contributed by atoms with Gasteiger partial charge in [-0.15, -0.1) is 0 Å². The molecule has 1 saturated carbocycles. The topological polar surface area (TPSA) is 124 Å². The van der Waals surface area contributed by atoms with E-state index in [0.29, 0.717) is 34.8 Å². The molecule has 1 aromatic heterocycles. The summed E-state index contributed by atoms with van der Waals surface area (Å²) < 4.78 is 15.9. The molecular formula is C29H27Cl2FN4O4. The first-order valence-electron chi connectivity index (χ1n) is 13.1. The third kappa shape index (κ3) is 4.02. The van der Waals surface area contributed by atoms with Gasteiger partial charge in [0.05, 0.1) is 28.6 Å². The van der Waals surface area contributed by atoms with Gasteiger partial charge in [0.25, 0.3) is 0 Å². The van der Waals surface area contributed by atoms with Gasteiger partial charge in [-0.05, 0) is 54.3 Å². The number of aromatic nitrogens is 1. The predicted molar refractivity (Wildman–Crippen MR) is 149 cm³/mol. The maximum atomic E-state index is 15.9. The van der Waals surface area contributed by atoms with Gasteiger partial charge in [0.2, 0.25) is 11.8 Å². The van der Waals surface area contributed by atoms with Crippen molar-refractivity contribution in [2.45, 2.75) is 61.3 Å². The van der Waals surface area contributed by atoms with Crippen molar-refractivity contribution in [1.29, 1.82) is 0 Å². The number of nitrogens with one attached hydrogen (secondary N) is 3. The molecule has 2 spiro atoms. The van der Waals surface area contributed by atoms with Crippen molar-refractivity contribution in [3.05, 3.63) is 87.4 Å². The van der Waals surface area contributed by atoms with Crippen molar-refractivity contribution < 1.29 is 24.2 Å². The number of aliphatic hydroxyl groups excluding tert-OH is 1. The van der Waals surface area contributed by atoms with E-state index in [0.717, 1.165) is 19.3 Å². The highest BCUT2D eigenvalue weighted by Crippen LogP contribution is 2.62. The van der Waals surface area contributed by atoms with Gasteiger partial charge < -0.3 is 20.8 Å². The van der Waals surface area contributed by atoms with Crippen LogP contribution in [0.1, 0.15) is 61.1 Å². The zero-order valence-corrected chi connectivity index (χ0v) is 22.8. The minimum absolute atomic E-state index is 0.0221. The van der Waals surface area contributed by atoms with Crippen molar-refractivity contribution in [2.24, 2.45) is 0 Å². The summed E-state index contributed by atoms with van der Waals surface area (Å²) in [4.78, 5) is 32.3. The second-order valence-electron chi connectivity index (χ2n) is 10.7. The van der Waals surface area contributed by atoms with Gasteiger partial charge in [-0.3, -0.25) is 19.9 Å². The largest absolute Gasteiger partial charge is 0.363 e. The van der Waals surface area contributed by atoms with Gasteiger partial charge in [-0.25, -0.2) is 4.39 Å². The minimum Gasteiger partial charge on any atom is -0.363 e. The lowest BCUT2D eigenvalue weighted by molar-refractivity contribution is -0.124. The molecule has 8 nitrogen and oxygen atoms in total. The zero-order chi connectivity index (χ0) is 28.2. The van der Waals surface area contributed by atoms with E-state index in [2.05, 4.69) is 20.9 Å². The fourth-order valence-corrected chi connectivity index (χ4v) is 7.42. The Bertz CT molecular complexity index is 1500. The Balaban J connectivity index is 1.54. The van der Waals surface area contributed by atoms with Crippen molar-refractivity contribution in [3.8, 4) is 0 Å². The Labute approximate surface area is 239 Å². The van der Waals surface area contributed by atoms with E-state index >= 15 is 4.39 Å². The summed E-state index contributed by atoms with van der Waals surface area (Å²) >= 11 is 12.6. The fraction of sp³-hybridized carbons (Fsp3) is 0.345. The molecule has 2 aromatic carbocycles. The lowest BCUT2D eigenvalue weighted by atomic mass is 9.55. The highest BCUT2D eigenvalue weighted by molar-refractivity contribution is 6.31. The number of halogens is 3. The van der Waals surface area contributed by atoms with Gasteiger partial charge in [-0.2, -0.15) is 0 Å². The lowest BCUT2D eigenvalue weighted by Gasteiger charge is -2.47. The second-order valence-corrected chi connectivity index (χ2v) is 11.5. The molecule has 0 radical (unpaired) electrons. The molecule has 3 atom stereocenters. The molecule has 2 amide bonds. The second kappa shape index (κ2) is 10.1. The molecule has 40 heavy (non-hydrogen) atoms. The van der Waals surface area contributed by atoms with E-state index in [-0.39, 0.29) is 22.2 Å². The van der Waals surface area contributed by atoms with Gasteiger partial charge in [0, 0.05) is 22.2 Å². The van der Waals surface area contributed by atoms with Crippen molar-refractivity contribution in [3.63, 3.8) is 0 Å². The van der Waals surface area contributed by atoms with Gasteiger partial charge in [0.15, 0.2) is 6.29 Å². The molecule has 208 valence electrons. The van der Waals surface area contributed by atoms with Crippen LogP contribution in [0, 0.1) is 5.82 Å². The molecule has 6 rings (SSSR count). The maximum Gasteiger partial charge on any atom is 0.242 e. The first-order chi connectivity index (χ1) is 19.2. The average molecular weight is 585 g/mol. The fourth-order valence-electron chi connectivity index (χ4n) is 7.07. The summed E-state index contributed by atoms with van der Waals surface area (Å²) in [6.45, 7) is 0. The predicted octanol–water partition coefficient (Wildman–Crippen LogP) is 4.80. The van der Waals surface area contributed by atoms with Crippen LogP contribution in [0.25, 0.3) is 0 Å². The smallest absolute Gasteiger partial charge is 0.242 e. The maximum absolute atomic E-state index is 15.9. The van der Waals surface area contributed by atoms with Crippen LogP contribution in [-0.4, -0.2) is 38.6 Å². The molecule has 5 N–H and O–H groups in total. The normalized spacial score (nSPS) is 24.9. The van der Waals surface area contributed by atoms with Crippen LogP contribution in [0.3, 0.4) is 0 Å². The van der Waals surface area contributed by atoms with Gasteiger partial charge >= 0.3 is 0 Å². The van der Waals surface area contributed by atoms with Gasteiger partial charge in [0.1, 0.15) is 11.2 Å². The van der Waals surface area contributed by atoms with Crippen LogP contribution < -0.4 is 16.0 Å². The Hall–Kier alpha value is -3.08. The van der Waals surface area contributed by atoms with Crippen molar-refractivity contribution in [1.82, 2.24) is 10.3 Å². The van der Waals surface area contributed by atoms with E-state index in [4.69, 9.17) is 23.2 Å². The number of benzene rings is 2. The Kier molecular flexibility index (Phi) is 6.83. The number of rotatable bonds is 4. The molecule has 2 fully saturated rings. The van der Waals surface area contributed by atoms with Crippen LogP contribution in [0.4, 0.5) is 15.8 Å². The third-order valence-corrected chi connectivity index (χ3v) is 9.15. The van der Waals surface area contributed by atoms with E-state index in [1.54, 1.807) is 30.3 Å². The molecule has 11 heteroatoms. The van der Waals surface area contributed by atoms with Crippen molar-refractivity contribution in [2.75, 3.05) is 10.6 Å². The number of nitrogens with zero attached hydrogens (tertiary/aromatic N) is 1. The quantitative estimate of drug-likeness (QED) is 0.281. The first kappa shape index (κ1) is 27.1. The molecule has 1 aliphatic carbocycles. The number of carbonyl (C=O) groups excluding carboxylic acids is 2. The molecule has 2 aliphatic heterocycles. The number of carbonyl (C=O) groups is 2. The number of aliphatic hydroxyl groups is 2. The summed E-state index contributed by atoms with van der Waals surface area (Å²) in [5.74, 6) is -2.44. The average Bonchev–Trinajstić information content (AvgIpc) is 3.38. The molecular weight excluding hydrogens is 558 g/mol. The lowest BCUT2D eigenvalue weighted by Crippen LogP contribution is -2.60. The van der Waals surface area contributed by atoms with Crippen LogP contribution in [0.5, 0.6) is 0 Å². The van der Waals surface area contributed by atoms with Crippen LogP contribution in [0.2, 0.25) is 10.0 Å². The SMILES string of the molecule is O=C(Nc1ccc(C(O)O)nc1)C1NC2(CCCCC2)C2(C(=O)Nc3cc(Cl)ccc32)C1c1cccc(Cl)c1F. The Morgan fingerprint density at radius 1 is 1.10 bits per heavy atom. The summed E-state index contributed by atoms with van der Waals surface area (Å²) in [6, 6.07) is 11.7. The number of anilines is 2. The molecule has 3 unspecified atom stereocenters. The van der Waals surface area contributed by atoms with Crippen molar-refractivity contribution >= 4 is 46.4 Å². The number of fused-ring (bicyclic) bond motifs is 3. The Morgan fingerprint density at radius 3 is 2.58 bits per heavy atom. The number of amides is 2. The standard InChI is InChI=1S/C29H27Cl2FN4O4/c30-15-7-9-18-21(13-15)35-27(40)29(18)22(17-5-4-6-19(31)23(17)32)24(36-28(29)11-2-1-3-12-28)25(37)34-16-8-10-20(26(38)39)33-14-16/h4-10,13-14,22,24,26,36,38-39H,1-3,11-12H2,(H,34,37)(H,35,40). The minimum atomic E-state index is -1.75. The summed E-state index contributed by atoms with van der Waals surface area (Å²) in [5.41, 5.74) is -0.475. The number of pyridine rings is 1. The number of hydrogen-bond acceptors (Lipinski definition) is 6. The van der Waals surface area contributed by atoms with E-state index in [1.165, 1.54) is 24.4 Å². The molecule has 3 aromatic rings. The van der Waals surface area contributed by atoms with E-state index in [1.807, 2.05) is 0 Å². The molecule has 3 aliphatic rings.